The summed E-state index contributed by atoms with van der Waals surface area (Å²) >= 11 is 0. The average molecular weight is 519 g/mol. The quantitative estimate of drug-likeness (QED) is 0.303. The van der Waals surface area contributed by atoms with Crippen LogP contribution in [-0.2, 0) is 19.2 Å². The van der Waals surface area contributed by atoms with Gasteiger partial charge in [0.05, 0.1) is 5.92 Å². The predicted octanol–water partition coefficient (Wildman–Crippen LogP) is 3.66. The second-order valence-electron chi connectivity index (χ2n) is 9.54. The molecule has 0 aromatic heterocycles. The highest BCUT2D eigenvalue weighted by atomic mass is 16.5. The van der Waals surface area contributed by atoms with E-state index < -0.39 is 5.97 Å². The highest BCUT2D eigenvalue weighted by Gasteiger charge is 2.24. The number of aliphatic carboxylic acids is 1. The number of carboxylic acid groups (broad SMARTS) is 1. The van der Waals surface area contributed by atoms with E-state index >= 15 is 0 Å². The number of benzene rings is 1. The summed E-state index contributed by atoms with van der Waals surface area (Å²) in [5.74, 6) is -0.133. The van der Waals surface area contributed by atoms with Crippen molar-refractivity contribution in [3.8, 4) is 5.75 Å². The summed E-state index contributed by atoms with van der Waals surface area (Å²) < 4.78 is 5.82. The van der Waals surface area contributed by atoms with E-state index in [1.807, 2.05) is 45.9 Å². The Morgan fingerprint density at radius 2 is 1.84 bits per heavy atom. The summed E-state index contributed by atoms with van der Waals surface area (Å²) in [5, 5.41) is 11.3. The number of Topliss-reactive ketones (excluding diaryl/α,β-unsaturated/α-hetero) is 1. The van der Waals surface area contributed by atoms with Gasteiger partial charge in [-0.2, -0.15) is 0 Å². The topological polar surface area (TPSA) is 130 Å². The van der Waals surface area contributed by atoms with Gasteiger partial charge in [0, 0.05) is 30.4 Å². The molecule has 1 aromatic rings. The van der Waals surface area contributed by atoms with Gasteiger partial charge in [-0.05, 0) is 76.4 Å². The van der Waals surface area contributed by atoms with Crippen molar-refractivity contribution in [1.82, 2.24) is 10.2 Å². The van der Waals surface area contributed by atoms with Crippen LogP contribution in [0.25, 0.3) is 0 Å². The number of carboxylic acids is 1. The number of aldehydes is 1. The molecule has 2 unspecified atom stereocenters. The molecule has 2 aliphatic heterocycles. The molecular weight excluding hydrogens is 476 g/mol. The number of likely N-dealkylation sites (tertiary alicyclic amines) is 1. The van der Waals surface area contributed by atoms with Gasteiger partial charge in [-0.25, -0.2) is 0 Å². The van der Waals surface area contributed by atoms with Crippen LogP contribution >= 0.6 is 0 Å². The fraction of sp³-hybridized carbons (Fsp3) is 0.607. The zero-order valence-corrected chi connectivity index (χ0v) is 22.7. The van der Waals surface area contributed by atoms with Crippen LogP contribution in [-0.4, -0.2) is 66.1 Å². The number of hydrogen-bond acceptors (Lipinski definition) is 7. The van der Waals surface area contributed by atoms with Gasteiger partial charge < -0.3 is 14.6 Å². The standard InChI is InChI=1S/C20H29NO4.C6H9NO2.C2H4O/c1-4-14(2)19(22)18-6-5-17(13-15(18)3)25-12-11-21-9-7-16(8-10-21)20(23)24;1-4-2-3-5(8)7-6(4)9;1-2-3/h5-6,13-14,16H,4,7-12H2,1-3H3,(H,23,24);4H,2-3H2,1H3,(H,7,8,9);2H,1H3. The molecule has 0 bridgehead atoms. The molecular formula is C28H42N2O7. The van der Waals surface area contributed by atoms with Gasteiger partial charge in [0.15, 0.2) is 5.78 Å². The van der Waals surface area contributed by atoms with E-state index in [9.17, 15) is 19.2 Å². The Morgan fingerprint density at radius 1 is 1.22 bits per heavy atom. The van der Waals surface area contributed by atoms with Crippen molar-refractivity contribution in [1.29, 1.82) is 0 Å². The molecule has 206 valence electrons. The van der Waals surface area contributed by atoms with Crippen molar-refractivity contribution in [2.75, 3.05) is 26.2 Å². The van der Waals surface area contributed by atoms with Crippen molar-refractivity contribution in [2.45, 2.75) is 66.7 Å². The van der Waals surface area contributed by atoms with E-state index in [4.69, 9.17) is 14.6 Å². The zero-order chi connectivity index (χ0) is 28.0. The summed E-state index contributed by atoms with van der Waals surface area (Å²) in [6.07, 6.45) is 4.20. The molecule has 2 fully saturated rings. The van der Waals surface area contributed by atoms with Gasteiger partial charge >= 0.3 is 5.97 Å². The maximum Gasteiger partial charge on any atom is 0.306 e. The maximum atomic E-state index is 12.3. The molecule has 2 aliphatic rings. The normalized spacial score (nSPS) is 18.8. The maximum absolute atomic E-state index is 12.3. The number of carbonyl (C=O) groups excluding carboxylic acids is 4. The molecule has 2 amide bonds. The number of ether oxygens (including phenoxy) is 1. The van der Waals surface area contributed by atoms with Gasteiger partial charge in [-0.3, -0.25) is 29.4 Å². The van der Waals surface area contributed by atoms with Crippen LogP contribution in [0, 0.1) is 24.7 Å². The van der Waals surface area contributed by atoms with E-state index in [1.54, 1.807) is 0 Å². The first-order valence-corrected chi connectivity index (χ1v) is 13.0. The predicted molar refractivity (Wildman–Crippen MR) is 141 cm³/mol. The number of amides is 2. The minimum Gasteiger partial charge on any atom is -0.492 e. The molecule has 9 heteroatoms. The Morgan fingerprint density at radius 3 is 2.32 bits per heavy atom. The highest BCUT2D eigenvalue weighted by Crippen LogP contribution is 2.22. The number of aryl methyl sites for hydroxylation is 1. The number of rotatable bonds is 8. The largest absolute Gasteiger partial charge is 0.492 e. The Bertz CT molecular complexity index is 923. The van der Waals surface area contributed by atoms with Gasteiger partial charge in [0.25, 0.3) is 0 Å². The Kier molecular flexibility index (Phi) is 14.4. The second-order valence-corrected chi connectivity index (χ2v) is 9.54. The molecule has 0 radical (unpaired) electrons. The summed E-state index contributed by atoms with van der Waals surface area (Å²) in [7, 11) is 0. The summed E-state index contributed by atoms with van der Waals surface area (Å²) in [6.45, 7) is 12.2. The highest BCUT2D eigenvalue weighted by molar-refractivity contribution is 5.99. The number of ketones is 1. The molecule has 2 heterocycles. The van der Waals surface area contributed by atoms with Crippen LogP contribution in [0.1, 0.15) is 75.7 Å². The molecule has 0 saturated carbocycles. The molecule has 9 nitrogen and oxygen atoms in total. The van der Waals surface area contributed by atoms with Crippen LogP contribution in [0.4, 0.5) is 0 Å². The fourth-order valence-corrected chi connectivity index (χ4v) is 3.95. The number of imide groups is 1. The molecule has 0 spiro atoms. The molecule has 37 heavy (non-hydrogen) atoms. The third-order valence-corrected chi connectivity index (χ3v) is 6.65. The van der Waals surface area contributed by atoms with Gasteiger partial charge in [0.2, 0.25) is 11.8 Å². The van der Waals surface area contributed by atoms with Gasteiger partial charge in [-0.15, -0.1) is 0 Å². The van der Waals surface area contributed by atoms with Crippen LogP contribution in [0.15, 0.2) is 18.2 Å². The fourth-order valence-electron chi connectivity index (χ4n) is 3.95. The molecule has 2 saturated heterocycles. The Balaban J connectivity index is 0.000000471. The third kappa shape index (κ3) is 11.2. The van der Waals surface area contributed by atoms with Crippen molar-refractivity contribution in [3.63, 3.8) is 0 Å². The SMILES string of the molecule is CC1CCC(=O)NC1=O.CC=O.CCC(C)C(=O)c1ccc(OCCN2CCC(C(=O)O)CC2)cc1C. The monoisotopic (exact) mass is 518 g/mol. The van der Waals surface area contributed by atoms with Gasteiger partial charge in [0.1, 0.15) is 18.6 Å². The van der Waals surface area contributed by atoms with Crippen molar-refractivity contribution < 1.29 is 33.8 Å². The minimum atomic E-state index is -0.682. The lowest BCUT2D eigenvalue weighted by atomic mass is 9.94. The Hall–Kier alpha value is -3.07. The van der Waals surface area contributed by atoms with Crippen molar-refractivity contribution >= 4 is 29.9 Å². The molecule has 3 rings (SSSR count). The zero-order valence-electron chi connectivity index (χ0n) is 22.7. The smallest absolute Gasteiger partial charge is 0.306 e. The van der Waals surface area contributed by atoms with Crippen LogP contribution in [0.3, 0.4) is 0 Å². The average Bonchev–Trinajstić information content (AvgIpc) is 2.87. The lowest BCUT2D eigenvalue weighted by molar-refractivity contribution is -0.143. The van der Waals surface area contributed by atoms with E-state index in [2.05, 4.69) is 10.2 Å². The van der Waals surface area contributed by atoms with E-state index in [-0.39, 0.29) is 35.4 Å². The first-order chi connectivity index (χ1) is 17.5. The molecule has 2 N–H and O–H groups in total. The number of hydrogen-bond donors (Lipinski definition) is 2. The van der Waals surface area contributed by atoms with Crippen LogP contribution < -0.4 is 10.1 Å². The number of carbonyl (C=O) groups is 5. The minimum absolute atomic E-state index is 0.0164. The molecule has 2 atom stereocenters. The first kappa shape index (κ1) is 32.0. The summed E-state index contributed by atoms with van der Waals surface area (Å²) in [4.78, 5) is 55.5. The first-order valence-electron chi connectivity index (χ1n) is 13.0. The summed E-state index contributed by atoms with van der Waals surface area (Å²) in [5.41, 5.74) is 1.72. The van der Waals surface area contributed by atoms with Gasteiger partial charge in [-0.1, -0.05) is 20.8 Å². The van der Waals surface area contributed by atoms with E-state index in [0.29, 0.717) is 32.3 Å². The lowest BCUT2D eigenvalue weighted by Crippen LogP contribution is -2.39. The third-order valence-electron chi connectivity index (χ3n) is 6.65. The molecule has 0 aliphatic carbocycles. The van der Waals surface area contributed by atoms with E-state index in [0.717, 1.165) is 49.2 Å². The molecule has 1 aromatic carbocycles. The number of nitrogens with one attached hydrogen (secondary N) is 1. The lowest BCUT2D eigenvalue weighted by Gasteiger charge is -2.29. The van der Waals surface area contributed by atoms with E-state index in [1.165, 1.54) is 6.92 Å². The second kappa shape index (κ2) is 16.6. The van der Waals surface area contributed by atoms with Crippen molar-refractivity contribution in [3.05, 3.63) is 29.3 Å². The Labute approximate surface area is 219 Å². The number of nitrogens with zero attached hydrogens (tertiary/aromatic N) is 1. The van der Waals surface area contributed by atoms with Crippen molar-refractivity contribution in [2.24, 2.45) is 17.8 Å². The summed E-state index contributed by atoms with van der Waals surface area (Å²) in [6, 6.07) is 5.64. The number of piperidine rings is 2. The van der Waals surface area contributed by atoms with Crippen LogP contribution in [0.5, 0.6) is 5.75 Å². The van der Waals surface area contributed by atoms with Crippen LogP contribution in [0.2, 0.25) is 0 Å².